The molecule has 0 aromatic carbocycles. The molecule has 0 heterocycles. The molecule has 0 radical (unpaired) electrons. The van der Waals surface area contributed by atoms with E-state index in [2.05, 4.69) is 148 Å². The van der Waals surface area contributed by atoms with Crippen LogP contribution in [0.4, 0.5) is 0 Å². The first-order chi connectivity index (χ1) is 30.6. The van der Waals surface area contributed by atoms with Crippen LogP contribution in [0.25, 0.3) is 0 Å². The minimum Gasteiger partial charge on any atom is -0.756 e. The number of likely N-dealkylation sites (N-methyl/N-ethyl adjacent to an activating group) is 1. The molecule has 0 saturated carbocycles. The topological polar surface area (TPSA) is 94.1 Å². The number of nitrogens with zero attached hydrogens (tertiary/aromatic N) is 1. The van der Waals surface area contributed by atoms with Gasteiger partial charge in [0.25, 0.3) is 7.82 Å². The lowest BCUT2D eigenvalue weighted by Gasteiger charge is -2.28. The maximum Gasteiger partial charge on any atom is 0.306 e. The van der Waals surface area contributed by atoms with Crippen LogP contribution < -0.4 is 4.89 Å². The molecule has 8 nitrogen and oxygen atoms in total. The van der Waals surface area contributed by atoms with Crippen molar-refractivity contribution in [2.45, 2.75) is 148 Å². The quantitative estimate of drug-likeness (QED) is 0.0198. The second kappa shape index (κ2) is 45.2. The van der Waals surface area contributed by atoms with Gasteiger partial charge >= 0.3 is 5.97 Å². The summed E-state index contributed by atoms with van der Waals surface area (Å²) in [5.74, 6) is -0.392. The monoisotopic (exact) mass is 894 g/mol. The van der Waals surface area contributed by atoms with Gasteiger partial charge in [-0.05, 0) is 109 Å². The normalized spacial score (nSPS) is 14.8. The zero-order valence-corrected chi connectivity index (χ0v) is 41.1. The first kappa shape index (κ1) is 59.6. The van der Waals surface area contributed by atoms with Gasteiger partial charge in [-0.15, -0.1) is 0 Å². The minimum atomic E-state index is -4.56. The van der Waals surface area contributed by atoms with Gasteiger partial charge in [-0.2, -0.15) is 0 Å². The lowest BCUT2D eigenvalue weighted by Crippen LogP contribution is -2.37. The summed E-state index contributed by atoms with van der Waals surface area (Å²) in [6.07, 6.45) is 66.2. The highest BCUT2D eigenvalue weighted by atomic mass is 31.2. The van der Waals surface area contributed by atoms with Crippen LogP contribution in [0, 0.1) is 0 Å². The summed E-state index contributed by atoms with van der Waals surface area (Å²) in [5, 5.41) is 0. The molecule has 0 rings (SSSR count). The molecule has 0 aliphatic rings. The number of phosphoric ester groups is 1. The van der Waals surface area contributed by atoms with Crippen molar-refractivity contribution in [2.75, 3.05) is 54.1 Å². The minimum absolute atomic E-state index is 0.00305. The molecule has 0 saturated heterocycles. The number of hydrogen-bond donors (Lipinski definition) is 0. The molecule has 63 heavy (non-hydrogen) atoms. The molecule has 356 valence electrons. The van der Waals surface area contributed by atoms with Crippen molar-refractivity contribution in [3.8, 4) is 0 Å². The smallest absolute Gasteiger partial charge is 0.306 e. The van der Waals surface area contributed by atoms with Gasteiger partial charge in [-0.3, -0.25) is 9.36 Å². The summed E-state index contributed by atoms with van der Waals surface area (Å²) >= 11 is 0. The van der Waals surface area contributed by atoms with Gasteiger partial charge in [0.2, 0.25) is 0 Å². The number of carbonyl (C=O) groups is 1. The maximum atomic E-state index is 12.7. The molecule has 0 aromatic heterocycles. The van der Waals surface area contributed by atoms with E-state index in [-0.39, 0.29) is 26.2 Å². The highest BCUT2D eigenvalue weighted by Gasteiger charge is 2.20. The number of carbonyl (C=O) groups excluding carboxylic acids is 1. The first-order valence-electron chi connectivity index (χ1n) is 23.9. The highest BCUT2D eigenvalue weighted by molar-refractivity contribution is 7.45. The van der Waals surface area contributed by atoms with Crippen LogP contribution in [0.3, 0.4) is 0 Å². The summed E-state index contributed by atoms with van der Waals surface area (Å²) in [4.78, 5) is 25.1. The Labute approximate surface area is 385 Å². The van der Waals surface area contributed by atoms with Crippen LogP contribution in [-0.2, 0) is 27.9 Å². The van der Waals surface area contributed by atoms with Gasteiger partial charge in [0.15, 0.2) is 0 Å². The zero-order chi connectivity index (χ0) is 46.2. The fraction of sp³-hybridized carbons (Fsp3) is 0.574. The van der Waals surface area contributed by atoms with E-state index in [1.54, 1.807) is 0 Å². The number of ether oxygens (including phenoxy) is 2. The van der Waals surface area contributed by atoms with Crippen molar-refractivity contribution in [1.82, 2.24) is 0 Å². The standard InChI is InChI=1S/C54H88NO7P/c1-6-8-10-12-14-16-18-20-22-24-26-28-29-31-33-35-37-39-41-43-45-47-54(56)62-53(52-61-63(57,58)60-50-48-55(3,4)5)51-59-49-46-44-42-40-38-36-34-32-30-27-25-23-21-19-17-15-13-11-9-7-2/h8-11,14-17,20-23,26-28,30-31,33-34,36-37,39,53H,6-7,12-13,18-19,24-25,29,32,35,38,40-52H2,1-5H3/b10-8-,11-9-,16-14-,17-15-,22-20-,23-21-,28-26-,30-27-,33-31-,36-34-,39-37-. The van der Waals surface area contributed by atoms with Crippen molar-refractivity contribution in [3.63, 3.8) is 0 Å². The van der Waals surface area contributed by atoms with Crippen LogP contribution in [-0.4, -0.2) is 70.7 Å². The summed E-state index contributed by atoms with van der Waals surface area (Å²) in [5.41, 5.74) is 0. The van der Waals surface area contributed by atoms with Crippen LogP contribution in [0.5, 0.6) is 0 Å². The second-order valence-corrected chi connectivity index (χ2v) is 17.8. The van der Waals surface area contributed by atoms with E-state index in [0.717, 1.165) is 116 Å². The molecular weight excluding hydrogens is 806 g/mol. The van der Waals surface area contributed by atoms with Crippen LogP contribution in [0.2, 0.25) is 0 Å². The molecule has 0 spiro atoms. The van der Waals surface area contributed by atoms with Crippen LogP contribution in [0.15, 0.2) is 134 Å². The van der Waals surface area contributed by atoms with Gasteiger partial charge in [0, 0.05) is 13.0 Å². The Kier molecular flexibility index (Phi) is 42.8. The molecule has 0 bridgehead atoms. The number of quaternary nitrogens is 1. The van der Waals surface area contributed by atoms with Crippen molar-refractivity contribution in [3.05, 3.63) is 134 Å². The van der Waals surface area contributed by atoms with E-state index in [1.807, 2.05) is 21.1 Å². The maximum absolute atomic E-state index is 12.7. The Bertz CT molecular complexity index is 1460. The van der Waals surface area contributed by atoms with E-state index >= 15 is 0 Å². The number of hydrogen-bond acceptors (Lipinski definition) is 7. The third-order valence-electron chi connectivity index (χ3n) is 9.20. The van der Waals surface area contributed by atoms with Crippen molar-refractivity contribution < 1.29 is 37.3 Å². The molecule has 0 fully saturated rings. The average Bonchev–Trinajstić information content (AvgIpc) is 3.24. The van der Waals surface area contributed by atoms with E-state index < -0.39 is 19.9 Å². The van der Waals surface area contributed by atoms with E-state index in [4.69, 9.17) is 18.5 Å². The molecule has 2 unspecified atom stereocenters. The van der Waals surface area contributed by atoms with Crippen LogP contribution in [0.1, 0.15) is 142 Å². The molecular formula is C54H88NO7P. The third-order valence-corrected chi connectivity index (χ3v) is 10.2. The van der Waals surface area contributed by atoms with Crippen molar-refractivity contribution >= 4 is 13.8 Å². The second-order valence-electron chi connectivity index (χ2n) is 16.3. The molecule has 0 N–H and O–H groups in total. The van der Waals surface area contributed by atoms with E-state index in [1.165, 1.54) is 0 Å². The van der Waals surface area contributed by atoms with Gasteiger partial charge in [0.1, 0.15) is 19.3 Å². The molecule has 9 heteroatoms. The highest BCUT2D eigenvalue weighted by Crippen LogP contribution is 2.38. The molecule has 0 aliphatic carbocycles. The van der Waals surface area contributed by atoms with Gasteiger partial charge < -0.3 is 27.9 Å². The van der Waals surface area contributed by atoms with Crippen molar-refractivity contribution in [2.24, 2.45) is 0 Å². The Morgan fingerprint density at radius 1 is 0.492 bits per heavy atom. The molecule has 0 aromatic rings. The Hall–Kier alpha value is -3.36. The number of allylic oxidation sites excluding steroid dienone is 22. The largest absolute Gasteiger partial charge is 0.756 e. The number of esters is 1. The Morgan fingerprint density at radius 3 is 1.29 bits per heavy atom. The van der Waals surface area contributed by atoms with Gasteiger partial charge in [0.05, 0.1) is 34.4 Å². The fourth-order valence-electron chi connectivity index (χ4n) is 5.57. The summed E-state index contributed by atoms with van der Waals surface area (Å²) in [6, 6.07) is 0. The van der Waals surface area contributed by atoms with E-state index in [9.17, 15) is 14.3 Å². The third kappa shape index (κ3) is 49.5. The number of phosphoric acid groups is 1. The van der Waals surface area contributed by atoms with Crippen LogP contribution >= 0.6 is 7.82 Å². The van der Waals surface area contributed by atoms with Gasteiger partial charge in [-0.1, -0.05) is 160 Å². The lowest BCUT2D eigenvalue weighted by atomic mass is 10.1. The summed E-state index contributed by atoms with van der Waals surface area (Å²) in [7, 11) is 1.28. The summed E-state index contributed by atoms with van der Waals surface area (Å²) in [6.45, 7) is 5.01. The Morgan fingerprint density at radius 2 is 0.873 bits per heavy atom. The number of rotatable bonds is 42. The zero-order valence-electron chi connectivity index (χ0n) is 40.2. The summed E-state index contributed by atoms with van der Waals surface area (Å²) < 4.78 is 34.6. The molecule has 0 amide bonds. The lowest BCUT2D eigenvalue weighted by molar-refractivity contribution is -0.870. The predicted molar refractivity (Wildman–Crippen MR) is 267 cm³/mol. The average molecular weight is 894 g/mol. The SMILES string of the molecule is CC/C=C\C/C=C\C/C=C\C/C=C\C/C=C\C/C=C\CCCCC(=O)OC(COCCCCCC/C=C\C/C=C\C/C=C\C/C=C\C/C=C\CC)COP(=O)([O-])OCC[N+](C)(C)C. The fourth-order valence-corrected chi connectivity index (χ4v) is 6.30. The van der Waals surface area contributed by atoms with E-state index in [0.29, 0.717) is 24.1 Å². The molecule has 2 atom stereocenters. The van der Waals surface area contributed by atoms with Gasteiger partial charge in [-0.25, -0.2) is 0 Å². The number of unbranched alkanes of at least 4 members (excludes halogenated alkanes) is 6. The van der Waals surface area contributed by atoms with Crippen molar-refractivity contribution in [1.29, 1.82) is 0 Å². The Balaban J connectivity index is 4.38. The predicted octanol–water partition coefficient (Wildman–Crippen LogP) is 14.1. The molecule has 0 aliphatic heterocycles. The first-order valence-corrected chi connectivity index (χ1v) is 25.4.